The molecule has 6 heteroatoms. The van der Waals surface area contributed by atoms with E-state index in [9.17, 15) is 4.79 Å². The Labute approximate surface area is 145 Å². The van der Waals surface area contributed by atoms with Gasteiger partial charge in [0.25, 0.3) is 5.91 Å². The molecule has 0 N–H and O–H groups in total. The number of amides is 1. The van der Waals surface area contributed by atoms with Crippen LogP contribution in [0.25, 0.3) is 0 Å². The van der Waals surface area contributed by atoms with Crippen LogP contribution >= 0.6 is 11.3 Å². The molecule has 2 aliphatic rings. The largest absolute Gasteiger partial charge is 0.378 e. The molecule has 2 aromatic rings. The van der Waals surface area contributed by atoms with E-state index in [0.29, 0.717) is 5.69 Å². The molecule has 4 heterocycles. The Morgan fingerprint density at radius 1 is 1.25 bits per heavy atom. The summed E-state index contributed by atoms with van der Waals surface area (Å²) in [6, 6.07) is 6.22. The molecule has 24 heavy (non-hydrogen) atoms. The minimum absolute atomic E-state index is 0.0406. The van der Waals surface area contributed by atoms with Crippen LogP contribution in [-0.2, 0) is 4.74 Å². The van der Waals surface area contributed by atoms with Gasteiger partial charge in [-0.25, -0.2) is 0 Å². The molecule has 4 rings (SSSR count). The first-order valence-corrected chi connectivity index (χ1v) is 9.39. The van der Waals surface area contributed by atoms with Crippen molar-refractivity contribution in [3.63, 3.8) is 0 Å². The third-order valence-corrected chi connectivity index (χ3v) is 5.48. The number of hydrogen-bond acceptors (Lipinski definition) is 5. The SMILES string of the molecule is O=C(c1cc(N2CCOCC2)ccn1)N1CCC[C@H]1c1ccsc1. The normalized spacial score (nSPS) is 21.2. The number of carbonyl (C=O) groups is 1. The standard InChI is InChI=1S/C18H21N3O2S/c22-18(21-6-1-2-17(21)14-4-11-24-13-14)16-12-15(3-5-19-16)20-7-9-23-10-8-20/h3-5,11-13,17H,1-2,6-10H2/t17-/m0/s1. The summed E-state index contributed by atoms with van der Waals surface area (Å²) < 4.78 is 5.40. The Morgan fingerprint density at radius 3 is 2.92 bits per heavy atom. The van der Waals surface area contributed by atoms with E-state index >= 15 is 0 Å². The number of ether oxygens (including phenoxy) is 1. The van der Waals surface area contributed by atoms with Crippen LogP contribution < -0.4 is 4.90 Å². The Bertz CT molecular complexity index is 698. The average Bonchev–Trinajstić information content (AvgIpc) is 3.33. The number of rotatable bonds is 3. The van der Waals surface area contributed by atoms with Crippen LogP contribution in [0.3, 0.4) is 0 Å². The third-order valence-electron chi connectivity index (χ3n) is 4.78. The zero-order chi connectivity index (χ0) is 16.4. The van der Waals surface area contributed by atoms with E-state index in [1.807, 2.05) is 17.0 Å². The average molecular weight is 343 g/mol. The maximum atomic E-state index is 13.0. The molecule has 126 valence electrons. The highest BCUT2D eigenvalue weighted by Gasteiger charge is 2.31. The zero-order valence-corrected chi connectivity index (χ0v) is 14.4. The second kappa shape index (κ2) is 6.91. The lowest BCUT2D eigenvalue weighted by molar-refractivity contribution is 0.0730. The molecule has 2 aromatic heterocycles. The molecule has 0 spiro atoms. The number of morpholine rings is 1. The number of pyridine rings is 1. The van der Waals surface area contributed by atoms with Gasteiger partial charge < -0.3 is 14.5 Å². The summed E-state index contributed by atoms with van der Waals surface area (Å²) in [4.78, 5) is 21.6. The Balaban J connectivity index is 1.55. The zero-order valence-electron chi connectivity index (χ0n) is 13.6. The summed E-state index contributed by atoms with van der Waals surface area (Å²) in [6.45, 7) is 4.00. The molecule has 1 atom stereocenters. The molecule has 5 nitrogen and oxygen atoms in total. The number of hydrogen-bond donors (Lipinski definition) is 0. The third kappa shape index (κ3) is 3.03. The van der Waals surface area contributed by atoms with Gasteiger partial charge in [-0.1, -0.05) is 0 Å². The predicted molar refractivity (Wildman–Crippen MR) is 94.6 cm³/mol. The highest BCUT2D eigenvalue weighted by atomic mass is 32.1. The van der Waals surface area contributed by atoms with Crippen molar-refractivity contribution in [1.82, 2.24) is 9.88 Å². The summed E-state index contributed by atoms with van der Waals surface area (Å²) in [5, 5.41) is 4.22. The van der Waals surface area contributed by atoms with Crippen LogP contribution in [0.4, 0.5) is 5.69 Å². The highest BCUT2D eigenvalue weighted by Crippen LogP contribution is 2.34. The molecular weight excluding hydrogens is 322 g/mol. The van der Waals surface area contributed by atoms with Crippen molar-refractivity contribution in [2.75, 3.05) is 37.7 Å². The lowest BCUT2D eigenvalue weighted by atomic mass is 10.1. The van der Waals surface area contributed by atoms with Gasteiger partial charge in [-0.3, -0.25) is 9.78 Å². The molecular formula is C18H21N3O2S. The predicted octanol–water partition coefficient (Wildman–Crippen LogP) is 2.96. The first-order chi connectivity index (χ1) is 11.8. The lowest BCUT2D eigenvalue weighted by Gasteiger charge is -2.29. The van der Waals surface area contributed by atoms with Crippen molar-refractivity contribution in [3.8, 4) is 0 Å². The van der Waals surface area contributed by atoms with Crippen LogP contribution in [0.1, 0.15) is 34.9 Å². The van der Waals surface area contributed by atoms with Gasteiger partial charge in [-0.05, 0) is 47.4 Å². The summed E-state index contributed by atoms with van der Waals surface area (Å²) >= 11 is 1.69. The molecule has 0 unspecified atom stereocenters. The van der Waals surface area contributed by atoms with Crippen LogP contribution in [0, 0.1) is 0 Å². The van der Waals surface area contributed by atoms with Crippen LogP contribution in [-0.4, -0.2) is 48.6 Å². The van der Waals surface area contributed by atoms with Gasteiger partial charge in [0, 0.05) is 31.5 Å². The fourth-order valence-corrected chi connectivity index (χ4v) is 4.23. The van der Waals surface area contributed by atoms with Gasteiger partial charge >= 0.3 is 0 Å². The maximum absolute atomic E-state index is 13.0. The number of nitrogens with zero attached hydrogens (tertiary/aromatic N) is 3. The van der Waals surface area contributed by atoms with Gasteiger partial charge in [0.05, 0.1) is 19.3 Å². The molecule has 0 radical (unpaired) electrons. The maximum Gasteiger partial charge on any atom is 0.273 e. The van der Waals surface area contributed by atoms with E-state index < -0.39 is 0 Å². The summed E-state index contributed by atoms with van der Waals surface area (Å²) in [7, 11) is 0. The first-order valence-electron chi connectivity index (χ1n) is 8.45. The number of anilines is 1. The number of aromatic nitrogens is 1. The number of carbonyl (C=O) groups excluding carboxylic acids is 1. The molecule has 1 amide bonds. The summed E-state index contributed by atoms with van der Waals surface area (Å²) in [5.74, 6) is 0.0406. The quantitative estimate of drug-likeness (QED) is 0.860. The monoisotopic (exact) mass is 343 g/mol. The molecule has 2 fully saturated rings. The molecule has 0 aromatic carbocycles. The molecule has 0 bridgehead atoms. The van der Waals surface area contributed by atoms with Gasteiger partial charge in [0.1, 0.15) is 5.69 Å². The van der Waals surface area contributed by atoms with Gasteiger partial charge in [-0.2, -0.15) is 11.3 Å². The topological polar surface area (TPSA) is 45.7 Å². The van der Waals surface area contributed by atoms with E-state index in [1.165, 1.54) is 5.56 Å². The van der Waals surface area contributed by atoms with E-state index in [2.05, 4.69) is 26.7 Å². The summed E-state index contributed by atoms with van der Waals surface area (Å²) in [5.41, 5.74) is 2.85. The first kappa shape index (κ1) is 15.6. The van der Waals surface area contributed by atoms with Crippen molar-refractivity contribution >= 4 is 22.9 Å². The molecule has 2 aliphatic heterocycles. The van der Waals surface area contributed by atoms with E-state index in [-0.39, 0.29) is 11.9 Å². The van der Waals surface area contributed by atoms with Gasteiger partial charge in [-0.15, -0.1) is 0 Å². The highest BCUT2D eigenvalue weighted by molar-refractivity contribution is 7.08. The Morgan fingerprint density at radius 2 is 2.12 bits per heavy atom. The number of likely N-dealkylation sites (tertiary alicyclic amines) is 1. The second-order valence-corrected chi connectivity index (χ2v) is 6.99. The Hall–Kier alpha value is -1.92. The molecule has 0 aliphatic carbocycles. The van der Waals surface area contributed by atoms with E-state index in [4.69, 9.17) is 4.74 Å². The Kier molecular flexibility index (Phi) is 4.49. The minimum atomic E-state index is 0.0406. The van der Waals surface area contributed by atoms with E-state index in [0.717, 1.165) is 51.4 Å². The van der Waals surface area contributed by atoms with Crippen LogP contribution in [0.2, 0.25) is 0 Å². The molecule has 0 saturated carbocycles. The van der Waals surface area contributed by atoms with Crippen LogP contribution in [0.5, 0.6) is 0 Å². The number of thiophene rings is 1. The van der Waals surface area contributed by atoms with Crippen molar-refractivity contribution in [2.24, 2.45) is 0 Å². The van der Waals surface area contributed by atoms with Crippen molar-refractivity contribution in [1.29, 1.82) is 0 Å². The fraction of sp³-hybridized carbons (Fsp3) is 0.444. The second-order valence-electron chi connectivity index (χ2n) is 6.21. The minimum Gasteiger partial charge on any atom is -0.378 e. The molecule has 2 saturated heterocycles. The van der Waals surface area contributed by atoms with Gasteiger partial charge in [0.15, 0.2) is 0 Å². The fourth-order valence-electron chi connectivity index (χ4n) is 3.52. The van der Waals surface area contributed by atoms with Crippen LogP contribution in [0.15, 0.2) is 35.2 Å². The van der Waals surface area contributed by atoms with Crippen molar-refractivity contribution < 1.29 is 9.53 Å². The lowest BCUT2D eigenvalue weighted by Crippen LogP contribution is -2.36. The van der Waals surface area contributed by atoms with Crippen molar-refractivity contribution in [3.05, 3.63) is 46.4 Å². The smallest absolute Gasteiger partial charge is 0.273 e. The van der Waals surface area contributed by atoms with Gasteiger partial charge in [0.2, 0.25) is 0 Å². The summed E-state index contributed by atoms with van der Waals surface area (Å²) in [6.07, 6.45) is 3.83. The van der Waals surface area contributed by atoms with Crippen molar-refractivity contribution in [2.45, 2.75) is 18.9 Å². The van der Waals surface area contributed by atoms with E-state index in [1.54, 1.807) is 17.5 Å².